The number of benzene rings is 1. The number of para-hydroxylation sites is 2. The molecule has 2 heterocycles. The highest BCUT2D eigenvalue weighted by molar-refractivity contribution is 5.58. The number of nitrogens with zero attached hydrogens (tertiary/aromatic N) is 4. The van der Waals surface area contributed by atoms with Crippen molar-refractivity contribution < 1.29 is 14.2 Å². The quantitative estimate of drug-likeness (QED) is 0.629. The highest BCUT2D eigenvalue weighted by Gasteiger charge is 2.29. The maximum Gasteiger partial charge on any atom is 0.142 e. The number of halogens is 1. The first-order valence-electron chi connectivity index (χ1n) is 11.8. The molecule has 32 heavy (non-hydrogen) atoms. The number of piperazine rings is 1. The van der Waals surface area contributed by atoms with Crippen LogP contribution in [0.2, 0.25) is 0 Å². The Morgan fingerprint density at radius 2 is 1.84 bits per heavy atom. The summed E-state index contributed by atoms with van der Waals surface area (Å²) < 4.78 is 19.0. The van der Waals surface area contributed by atoms with Gasteiger partial charge in [-0.2, -0.15) is 0 Å². The van der Waals surface area contributed by atoms with Gasteiger partial charge in [0.15, 0.2) is 0 Å². The topological polar surface area (TPSA) is 52.1 Å². The lowest BCUT2D eigenvalue weighted by atomic mass is 9.87. The predicted octanol–water partition coefficient (Wildman–Crippen LogP) is 3.76. The fraction of sp³-hybridized carbons (Fsp3) is 0.560. The fourth-order valence-corrected chi connectivity index (χ4v) is 4.96. The Morgan fingerprint density at radius 1 is 1.09 bits per heavy atom. The molecule has 1 saturated carbocycles. The molecule has 2 fully saturated rings. The van der Waals surface area contributed by atoms with E-state index in [1.54, 1.807) is 13.2 Å². The minimum absolute atomic E-state index is 0.248. The van der Waals surface area contributed by atoms with Gasteiger partial charge in [0.05, 0.1) is 19.0 Å². The zero-order valence-corrected chi connectivity index (χ0v) is 19.0. The van der Waals surface area contributed by atoms with E-state index in [0.29, 0.717) is 12.4 Å². The third kappa shape index (κ3) is 5.51. The lowest BCUT2D eigenvalue weighted by molar-refractivity contribution is 0.0777. The highest BCUT2D eigenvalue weighted by atomic mass is 19.1. The predicted molar refractivity (Wildman–Crippen MR) is 126 cm³/mol. The van der Waals surface area contributed by atoms with Crippen molar-refractivity contribution in [1.82, 2.24) is 9.88 Å². The third-order valence-corrected chi connectivity index (χ3v) is 6.85. The van der Waals surface area contributed by atoms with Gasteiger partial charge in [-0.05, 0) is 37.1 Å². The standard InChI is InChI=1S/C25H35FN4O2/c1-32-23-10-6-5-9-22(23)29-16-13-28(14-17-29)15-18-30(24-12-11-21(26)19-27-24)25(31)20-7-3-2-4-8-20/h5-6,9-12,19-20,25,31H,2-4,7-8,13-18H2,1H3. The van der Waals surface area contributed by atoms with Gasteiger partial charge in [-0.3, -0.25) is 4.90 Å². The smallest absolute Gasteiger partial charge is 0.142 e. The first-order valence-corrected chi connectivity index (χ1v) is 11.8. The molecule has 0 bridgehead atoms. The molecule has 1 N–H and O–H groups in total. The van der Waals surface area contributed by atoms with Gasteiger partial charge in [0.25, 0.3) is 0 Å². The molecule has 2 aliphatic rings. The number of aromatic nitrogens is 1. The first kappa shape index (κ1) is 22.8. The largest absolute Gasteiger partial charge is 0.495 e. The third-order valence-electron chi connectivity index (χ3n) is 6.85. The van der Waals surface area contributed by atoms with Crippen LogP contribution in [0.15, 0.2) is 42.6 Å². The van der Waals surface area contributed by atoms with Crippen molar-refractivity contribution in [2.24, 2.45) is 5.92 Å². The van der Waals surface area contributed by atoms with Crippen LogP contribution in [0.25, 0.3) is 0 Å². The Kier molecular flexibility index (Phi) is 7.81. The van der Waals surface area contributed by atoms with Crippen molar-refractivity contribution in [3.05, 3.63) is 48.4 Å². The van der Waals surface area contributed by atoms with Crippen molar-refractivity contribution in [1.29, 1.82) is 0 Å². The van der Waals surface area contributed by atoms with Crippen LogP contribution in [0.4, 0.5) is 15.9 Å². The van der Waals surface area contributed by atoms with E-state index in [1.807, 2.05) is 23.1 Å². The monoisotopic (exact) mass is 442 g/mol. The maximum atomic E-state index is 13.4. The SMILES string of the molecule is COc1ccccc1N1CCN(CCN(c2ccc(F)cn2)C(O)C2CCCCC2)CC1. The van der Waals surface area contributed by atoms with Crippen LogP contribution >= 0.6 is 0 Å². The average Bonchev–Trinajstić information content (AvgIpc) is 2.86. The Bertz CT molecular complexity index is 836. The van der Waals surface area contributed by atoms with Crippen molar-refractivity contribution in [3.8, 4) is 5.75 Å². The highest BCUT2D eigenvalue weighted by Crippen LogP contribution is 2.30. The summed E-state index contributed by atoms with van der Waals surface area (Å²) in [5.41, 5.74) is 1.14. The second kappa shape index (κ2) is 11.0. The number of hydrogen-bond donors (Lipinski definition) is 1. The zero-order valence-electron chi connectivity index (χ0n) is 19.0. The summed E-state index contributed by atoms with van der Waals surface area (Å²) in [5.74, 6) is 1.45. The summed E-state index contributed by atoms with van der Waals surface area (Å²) >= 11 is 0. The van der Waals surface area contributed by atoms with Gasteiger partial charge >= 0.3 is 0 Å². The van der Waals surface area contributed by atoms with Crippen LogP contribution < -0.4 is 14.5 Å². The summed E-state index contributed by atoms with van der Waals surface area (Å²) in [7, 11) is 1.71. The van der Waals surface area contributed by atoms with E-state index in [9.17, 15) is 9.50 Å². The van der Waals surface area contributed by atoms with E-state index >= 15 is 0 Å². The lowest BCUT2D eigenvalue weighted by Crippen LogP contribution is -2.50. The number of methoxy groups -OCH3 is 1. The Hall–Kier alpha value is -2.38. The van der Waals surface area contributed by atoms with E-state index in [1.165, 1.54) is 18.7 Å². The van der Waals surface area contributed by atoms with Gasteiger partial charge in [0, 0.05) is 45.2 Å². The van der Waals surface area contributed by atoms with Gasteiger partial charge in [0.2, 0.25) is 0 Å². The first-order chi connectivity index (χ1) is 15.7. The lowest BCUT2D eigenvalue weighted by Gasteiger charge is -2.40. The van der Waals surface area contributed by atoms with Crippen molar-refractivity contribution in [3.63, 3.8) is 0 Å². The zero-order chi connectivity index (χ0) is 22.3. The van der Waals surface area contributed by atoms with Gasteiger partial charge in [-0.1, -0.05) is 31.4 Å². The molecule has 1 aromatic carbocycles. The molecule has 1 aliphatic carbocycles. The van der Waals surface area contributed by atoms with Gasteiger partial charge in [0.1, 0.15) is 23.6 Å². The molecule has 4 rings (SSSR count). The Morgan fingerprint density at radius 3 is 2.53 bits per heavy atom. The summed E-state index contributed by atoms with van der Waals surface area (Å²) in [6.07, 6.45) is 6.31. The van der Waals surface area contributed by atoms with Crippen LogP contribution in [0.1, 0.15) is 32.1 Å². The van der Waals surface area contributed by atoms with Crippen molar-refractivity contribution in [2.45, 2.75) is 38.3 Å². The molecule has 174 valence electrons. The summed E-state index contributed by atoms with van der Waals surface area (Å²) in [6, 6.07) is 11.3. The molecule has 0 amide bonds. The van der Waals surface area contributed by atoms with Gasteiger partial charge < -0.3 is 19.6 Å². The molecule has 1 unspecified atom stereocenters. The molecule has 1 aromatic heterocycles. The number of anilines is 2. The van der Waals surface area contributed by atoms with Crippen LogP contribution in [-0.4, -0.2) is 67.6 Å². The number of aliphatic hydroxyl groups excluding tert-OH is 1. The molecule has 1 saturated heterocycles. The van der Waals surface area contributed by atoms with E-state index in [-0.39, 0.29) is 11.7 Å². The second-order valence-corrected chi connectivity index (χ2v) is 8.84. The number of hydrogen-bond acceptors (Lipinski definition) is 6. The van der Waals surface area contributed by atoms with E-state index in [2.05, 4.69) is 20.9 Å². The fourth-order valence-electron chi connectivity index (χ4n) is 4.96. The summed E-state index contributed by atoms with van der Waals surface area (Å²) in [4.78, 5) is 11.0. The molecule has 1 aliphatic heterocycles. The summed E-state index contributed by atoms with van der Waals surface area (Å²) in [5, 5.41) is 11.2. The minimum Gasteiger partial charge on any atom is -0.495 e. The number of pyridine rings is 1. The molecule has 6 nitrogen and oxygen atoms in total. The Labute approximate surface area is 190 Å². The maximum absolute atomic E-state index is 13.4. The molecule has 2 aromatic rings. The van der Waals surface area contributed by atoms with Crippen LogP contribution in [0.3, 0.4) is 0 Å². The molecule has 1 atom stereocenters. The minimum atomic E-state index is -0.580. The van der Waals surface area contributed by atoms with Crippen molar-refractivity contribution in [2.75, 3.05) is 56.2 Å². The van der Waals surface area contributed by atoms with Gasteiger partial charge in [-0.25, -0.2) is 9.37 Å². The number of aliphatic hydroxyl groups is 1. The molecule has 0 spiro atoms. The van der Waals surface area contributed by atoms with E-state index in [4.69, 9.17) is 4.74 Å². The molecule has 7 heteroatoms. The molecular formula is C25H35FN4O2. The van der Waals surface area contributed by atoms with Crippen LogP contribution in [0.5, 0.6) is 5.75 Å². The molecular weight excluding hydrogens is 407 g/mol. The van der Waals surface area contributed by atoms with Crippen LogP contribution in [-0.2, 0) is 0 Å². The summed E-state index contributed by atoms with van der Waals surface area (Å²) in [6.45, 7) is 5.26. The number of rotatable bonds is 8. The molecule has 0 radical (unpaired) electrons. The van der Waals surface area contributed by atoms with Gasteiger partial charge in [-0.15, -0.1) is 0 Å². The van der Waals surface area contributed by atoms with E-state index in [0.717, 1.165) is 69.8 Å². The average molecular weight is 443 g/mol. The normalized spacial score (nSPS) is 19.0. The Balaban J connectivity index is 1.37. The second-order valence-electron chi connectivity index (χ2n) is 8.84. The van der Waals surface area contributed by atoms with Crippen LogP contribution in [0, 0.1) is 11.7 Å². The number of ether oxygens (including phenoxy) is 1. The van der Waals surface area contributed by atoms with E-state index < -0.39 is 6.23 Å². The van der Waals surface area contributed by atoms with Crippen molar-refractivity contribution >= 4 is 11.5 Å².